The molecule has 2 rings (SSSR count). The van der Waals surface area contributed by atoms with Crippen molar-refractivity contribution in [3.05, 3.63) is 77.5 Å². The van der Waals surface area contributed by atoms with Crippen molar-refractivity contribution in [2.45, 2.75) is 0 Å². The van der Waals surface area contributed by atoms with Crippen LogP contribution in [0.1, 0.15) is 20.7 Å². The number of methoxy groups -OCH3 is 1. The molecule has 0 amide bonds. The molecular weight excluding hydrogens is 310 g/mol. The number of hydrogen-bond acceptors (Lipinski definition) is 5. The molecule has 0 aliphatic rings. The number of ketones is 1. The fourth-order valence-corrected chi connectivity index (χ4v) is 1.92. The normalized spacial score (nSPS) is 10.8. The summed E-state index contributed by atoms with van der Waals surface area (Å²) in [6.45, 7) is 0. The molecule has 122 valence electrons. The summed E-state index contributed by atoms with van der Waals surface area (Å²) in [4.78, 5) is 34.9. The summed E-state index contributed by atoms with van der Waals surface area (Å²) in [6, 6.07) is 14.3. The molecule has 0 aromatic heterocycles. The van der Waals surface area contributed by atoms with Gasteiger partial charge in [0.2, 0.25) is 0 Å². The van der Waals surface area contributed by atoms with E-state index in [0.29, 0.717) is 11.3 Å². The number of aromatic carboxylic acids is 1. The van der Waals surface area contributed by atoms with Crippen LogP contribution in [0.3, 0.4) is 0 Å². The first kappa shape index (κ1) is 17.0. The lowest BCUT2D eigenvalue weighted by atomic mass is 10.1. The zero-order valence-electron chi connectivity index (χ0n) is 12.9. The molecule has 0 aliphatic heterocycles. The third kappa shape index (κ3) is 4.30. The molecule has 2 aromatic rings. The maximum atomic E-state index is 12.2. The van der Waals surface area contributed by atoms with Crippen LogP contribution in [0, 0.1) is 0 Å². The summed E-state index contributed by atoms with van der Waals surface area (Å²) in [6.07, 6.45) is 1.15. The molecule has 2 N–H and O–H groups in total. The second-order valence-electron chi connectivity index (χ2n) is 4.79. The molecule has 0 radical (unpaired) electrons. The summed E-state index contributed by atoms with van der Waals surface area (Å²) >= 11 is 0. The maximum absolute atomic E-state index is 12.2. The van der Waals surface area contributed by atoms with Crippen molar-refractivity contribution in [2.24, 2.45) is 0 Å². The van der Waals surface area contributed by atoms with Gasteiger partial charge >= 0.3 is 11.9 Å². The Balaban J connectivity index is 2.25. The lowest BCUT2D eigenvalue weighted by Gasteiger charge is -2.09. The number of rotatable bonds is 6. The standard InChI is InChI=1S/C18H15NO5/c1-24-18(23)15(11-16(20)12-5-3-2-4-6-12)19-14-9-7-13(8-10-14)17(21)22/h2-11,19H,1H3,(H,21,22). The summed E-state index contributed by atoms with van der Waals surface area (Å²) in [5.41, 5.74) is 0.957. The predicted octanol–water partition coefficient (Wildman–Crippen LogP) is 2.74. The van der Waals surface area contributed by atoms with Crippen molar-refractivity contribution < 1.29 is 24.2 Å². The Hall–Kier alpha value is -3.41. The second kappa shape index (κ2) is 7.73. The third-order valence-electron chi connectivity index (χ3n) is 3.15. The van der Waals surface area contributed by atoms with Crippen molar-refractivity contribution in [2.75, 3.05) is 12.4 Å². The number of nitrogens with one attached hydrogen (secondary N) is 1. The van der Waals surface area contributed by atoms with E-state index in [2.05, 4.69) is 10.1 Å². The van der Waals surface area contributed by atoms with E-state index >= 15 is 0 Å². The number of hydrogen-bond donors (Lipinski definition) is 2. The summed E-state index contributed by atoms with van der Waals surface area (Å²) < 4.78 is 4.67. The molecular formula is C18H15NO5. The zero-order chi connectivity index (χ0) is 17.5. The number of anilines is 1. The van der Waals surface area contributed by atoms with E-state index in [-0.39, 0.29) is 17.0 Å². The van der Waals surface area contributed by atoms with Gasteiger partial charge < -0.3 is 15.2 Å². The largest absolute Gasteiger partial charge is 0.478 e. The number of allylic oxidation sites excluding steroid dienone is 1. The molecule has 0 fully saturated rings. The molecule has 0 unspecified atom stereocenters. The van der Waals surface area contributed by atoms with E-state index in [1.54, 1.807) is 30.3 Å². The monoisotopic (exact) mass is 325 g/mol. The smallest absolute Gasteiger partial charge is 0.354 e. The number of esters is 1. The first-order valence-corrected chi connectivity index (χ1v) is 7.01. The molecule has 0 heterocycles. The van der Waals surface area contributed by atoms with Gasteiger partial charge in [0.1, 0.15) is 5.70 Å². The van der Waals surface area contributed by atoms with Crippen molar-refractivity contribution in [1.29, 1.82) is 0 Å². The Morgan fingerprint density at radius 2 is 1.58 bits per heavy atom. The summed E-state index contributed by atoms with van der Waals surface area (Å²) in [5, 5.41) is 11.6. The Labute approximate surface area is 138 Å². The van der Waals surface area contributed by atoms with E-state index in [4.69, 9.17) is 5.11 Å². The zero-order valence-corrected chi connectivity index (χ0v) is 12.9. The van der Waals surface area contributed by atoms with E-state index < -0.39 is 11.9 Å². The highest BCUT2D eigenvalue weighted by molar-refractivity contribution is 6.09. The predicted molar refractivity (Wildman–Crippen MR) is 87.9 cm³/mol. The fraction of sp³-hybridized carbons (Fsp3) is 0.0556. The Morgan fingerprint density at radius 3 is 2.12 bits per heavy atom. The minimum absolute atomic E-state index is 0.0468. The lowest BCUT2D eigenvalue weighted by Crippen LogP contribution is -2.15. The van der Waals surface area contributed by atoms with Crippen molar-refractivity contribution >= 4 is 23.4 Å². The average molecular weight is 325 g/mol. The molecule has 0 saturated carbocycles. The summed E-state index contributed by atoms with van der Waals surface area (Å²) in [5.74, 6) is -2.11. The van der Waals surface area contributed by atoms with E-state index in [1.165, 1.54) is 31.4 Å². The molecule has 0 saturated heterocycles. The minimum atomic E-state index is -1.05. The van der Waals surface area contributed by atoms with Crippen LogP contribution in [0.15, 0.2) is 66.4 Å². The van der Waals surface area contributed by atoms with Crippen LogP contribution in [0.5, 0.6) is 0 Å². The topological polar surface area (TPSA) is 92.7 Å². The first-order valence-electron chi connectivity index (χ1n) is 7.01. The highest BCUT2D eigenvalue weighted by Gasteiger charge is 2.13. The van der Waals surface area contributed by atoms with Gasteiger partial charge in [0, 0.05) is 17.3 Å². The van der Waals surface area contributed by atoms with Crippen molar-refractivity contribution in [3.8, 4) is 0 Å². The molecule has 0 aliphatic carbocycles. The quantitative estimate of drug-likeness (QED) is 0.482. The van der Waals surface area contributed by atoms with Crippen molar-refractivity contribution in [3.63, 3.8) is 0 Å². The highest BCUT2D eigenvalue weighted by atomic mass is 16.5. The average Bonchev–Trinajstić information content (AvgIpc) is 2.61. The first-order chi connectivity index (χ1) is 11.5. The summed E-state index contributed by atoms with van der Waals surface area (Å²) in [7, 11) is 1.21. The van der Waals surface area contributed by atoms with Crippen LogP contribution in [0.25, 0.3) is 0 Å². The second-order valence-corrected chi connectivity index (χ2v) is 4.79. The van der Waals surface area contributed by atoms with E-state index in [9.17, 15) is 14.4 Å². The van der Waals surface area contributed by atoms with Gasteiger partial charge in [0.25, 0.3) is 0 Å². The van der Waals surface area contributed by atoms with Crippen LogP contribution in [-0.2, 0) is 9.53 Å². The molecule has 6 nitrogen and oxygen atoms in total. The number of carbonyl (C=O) groups is 3. The molecule has 0 atom stereocenters. The minimum Gasteiger partial charge on any atom is -0.478 e. The number of ether oxygens (including phenoxy) is 1. The van der Waals surface area contributed by atoms with Crippen LogP contribution >= 0.6 is 0 Å². The Kier molecular flexibility index (Phi) is 5.46. The number of carboxylic acids is 1. The number of carbonyl (C=O) groups excluding carboxylic acids is 2. The SMILES string of the molecule is COC(=O)C(=CC(=O)c1ccccc1)Nc1ccc(C(=O)O)cc1. The molecule has 24 heavy (non-hydrogen) atoms. The molecule has 6 heteroatoms. The van der Waals surface area contributed by atoms with Gasteiger partial charge in [0.05, 0.1) is 12.7 Å². The van der Waals surface area contributed by atoms with Crippen LogP contribution in [-0.4, -0.2) is 29.9 Å². The molecule has 0 spiro atoms. The van der Waals surface area contributed by atoms with Crippen LogP contribution < -0.4 is 5.32 Å². The van der Waals surface area contributed by atoms with Gasteiger partial charge in [-0.25, -0.2) is 9.59 Å². The fourth-order valence-electron chi connectivity index (χ4n) is 1.92. The third-order valence-corrected chi connectivity index (χ3v) is 3.15. The molecule has 0 bridgehead atoms. The van der Waals surface area contributed by atoms with Gasteiger partial charge in [-0.2, -0.15) is 0 Å². The van der Waals surface area contributed by atoms with Crippen molar-refractivity contribution in [1.82, 2.24) is 0 Å². The lowest BCUT2D eigenvalue weighted by molar-refractivity contribution is -0.135. The Bertz CT molecular complexity index is 779. The molecule has 2 aromatic carbocycles. The Morgan fingerprint density at radius 1 is 0.958 bits per heavy atom. The van der Waals surface area contributed by atoms with Crippen LogP contribution in [0.2, 0.25) is 0 Å². The van der Waals surface area contributed by atoms with Gasteiger partial charge in [-0.05, 0) is 24.3 Å². The van der Waals surface area contributed by atoms with Gasteiger partial charge in [-0.3, -0.25) is 4.79 Å². The highest BCUT2D eigenvalue weighted by Crippen LogP contribution is 2.14. The maximum Gasteiger partial charge on any atom is 0.354 e. The van der Waals surface area contributed by atoms with Gasteiger partial charge in [-0.15, -0.1) is 0 Å². The van der Waals surface area contributed by atoms with Gasteiger partial charge in [-0.1, -0.05) is 30.3 Å². The number of benzene rings is 2. The van der Waals surface area contributed by atoms with Gasteiger partial charge in [0.15, 0.2) is 5.78 Å². The number of carboxylic acid groups (broad SMARTS) is 1. The van der Waals surface area contributed by atoms with E-state index in [1.807, 2.05) is 0 Å². The van der Waals surface area contributed by atoms with E-state index in [0.717, 1.165) is 6.08 Å². The van der Waals surface area contributed by atoms with Crippen LogP contribution in [0.4, 0.5) is 5.69 Å².